The predicted molar refractivity (Wildman–Crippen MR) is 95.0 cm³/mol. The van der Waals surface area contributed by atoms with Crippen LogP contribution in [0.5, 0.6) is 5.75 Å². The Morgan fingerprint density at radius 3 is 2.50 bits per heavy atom. The lowest BCUT2D eigenvalue weighted by Crippen LogP contribution is -2.41. The lowest BCUT2D eigenvalue weighted by Gasteiger charge is -2.36. The van der Waals surface area contributed by atoms with Crippen LogP contribution in [0, 0.1) is 3.57 Å². The van der Waals surface area contributed by atoms with Crippen LogP contribution in [0.4, 0.5) is 5.69 Å². The topological polar surface area (TPSA) is 57.4 Å². The Morgan fingerprint density at radius 1 is 1.35 bits per heavy atom. The molecule has 0 saturated carbocycles. The van der Waals surface area contributed by atoms with Crippen molar-refractivity contribution in [3.63, 3.8) is 0 Å². The molecule has 0 aliphatic carbocycles. The lowest BCUT2D eigenvalue weighted by molar-refractivity contribution is 0.204. The largest absolute Gasteiger partial charge is 0.486 e. The Kier molecular flexibility index (Phi) is 6.12. The van der Waals surface area contributed by atoms with Gasteiger partial charge in [-0.2, -0.15) is 0 Å². The van der Waals surface area contributed by atoms with Gasteiger partial charge in [-0.25, -0.2) is 4.98 Å². The van der Waals surface area contributed by atoms with Crippen molar-refractivity contribution in [2.75, 3.05) is 18.9 Å². The molecule has 0 fully saturated rings. The molecule has 0 unspecified atom stereocenters. The summed E-state index contributed by atoms with van der Waals surface area (Å²) in [4.78, 5) is 4.03. The fourth-order valence-corrected chi connectivity index (χ4v) is 2.87. The first kappa shape index (κ1) is 18.0. The van der Waals surface area contributed by atoms with Gasteiger partial charge in [0.05, 0.1) is 15.9 Å². The van der Waals surface area contributed by atoms with Crippen molar-refractivity contribution in [1.82, 2.24) is 4.98 Å². The van der Waals surface area contributed by atoms with E-state index in [9.17, 15) is 0 Å². The summed E-state index contributed by atoms with van der Waals surface area (Å²) in [6.45, 7) is 12.0. The van der Waals surface area contributed by atoms with Gasteiger partial charge in [-0.15, -0.1) is 0 Å². The molecule has 0 saturated heterocycles. The Morgan fingerprint density at radius 2 is 1.95 bits per heavy atom. The van der Waals surface area contributed by atoms with Crippen molar-refractivity contribution >= 4 is 48.2 Å². The van der Waals surface area contributed by atoms with Gasteiger partial charge in [0.2, 0.25) is 0 Å². The number of nitrogen functional groups attached to an aromatic ring is 1. The summed E-state index contributed by atoms with van der Waals surface area (Å²) in [5, 5.41) is 0.475. The van der Waals surface area contributed by atoms with Gasteiger partial charge in [0.15, 0.2) is 19.2 Å². The van der Waals surface area contributed by atoms with Crippen LogP contribution in [0.2, 0.25) is 23.3 Å². The summed E-state index contributed by atoms with van der Waals surface area (Å²) in [5.74, 6) is 0.442. The second-order valence-corrected chi connectivity index (χ2v) is 12.4. The van der Waals surface area contributed by atoms with Crippen molar-refractivity contribution in [3.05, 3.63) is 14.9 Å². The molecule has 0 radical (unpaired) electrons. The van der Waals surface area contributed by atoms with Crippen molar-refractivity contribution in [1.29, 1.82) is 0 Å². The van der Waals surface area contributed by atoms with Crippen molar-refractivity contribution in [2.45, 2.75) is 38.9 Å². The van der Waals surface area contributed by atoms with E-state index in [-0.39, 0.29) is 10.2 Å². The fraction of sp³-hybridized carbons (Fsp3) is 0.615. The van der Waals surface area contributed by atoms with Gasteiger partial charge < -0.3 is 14.9 Å². The van der Waals surface area contributed by atoms with Crippen LogP contribution in [0.1, 0.15) is 20.8 Å². The van der Waals surface area contributed by atoms with E-state index in [1.54, 1.807) is 6.20 Å². The molecule has 1 rings (SSSR count). The standard InChI is InChI=1S/C13H22ClIN2O2Si/c1-13(2,3)20(4,5)19-7-6-18-11-10(16)9(15)8-17-12(11)14/h8H,6-7H2,1-5H3,(H2,16,17). The average Bonchev–Trinajstić information content (AvgIpc) is 2.31. The number of nitrogens with two attached hydrogens (primary N) is 1. The summed E-state index contributed by atoms with van der Waals surface area (Å²) in [7, 11) is -1.74. The van der Waals surface area contributed by atoms with Crippen LogP contribution in [0.3, 0.4) is 0 Å². The first-order valence-corrected chi connectivity index (χ1v) is 10.8. The van der Waals surface area contributed by atoms with E-state index in [1.807, 2.05) is 0 Å². The van der Waals surface area contributed by atoms with E-state index in [1.165, 1.54) is 0 Å². The number of hydrogen-bond acceptors (Lipinski definition) is 4. The van der Waals surface area contributed by atoms with E-state index in [4.69, 9.17) is 26.5 Å². The van der Waals surface area contributed by atoms with E-state index in [2.05, 4.69) is 61.4 Å². The molecule has 0 aliphatic rings. The zero-order chi connectivity index (χ0) is 15.6. The molecule has 114 valence electrons. The average molecular weight is 429 g/mol. The van der Waals surface area contributed by atoms with Crippen LogP contribution in [-0.2, 0) is 4.43 Å². The third kappa shape index (κ3) is 4.47. The highest BCUT2D eigenvalue weighted by Gasteiger charge is 2.36. The van der Waals surface area contributed by atoms with E-state index in [0.717, 1.165) is 3.57 Å². The molecule has 4 nitrogen and oxygen atoms in total. The molecule has 0 aromatic carbocycles. The maximum atomic E-state index is 6.03. The van der Waals surface area contributed by atoms with E-state index in [0.29, 0.717) is 24.7 Å². The number of ether oxygens (including phenoxy) is 1. The lowest BCUT2D eigenvalue weighted by atomic mass is 10.2. The van der Waals surface area contributed by atoms with Crippen LogP contribution >= 0.6 is 34.2 Å². The fourth-order valence-electron chi connectivity index (χ4n) is 1.26. The number of pyridine rings is 1. The van der Waals surface area contributed by atoms with Crippen LogP contribution in [0.25, 0.3) is 0 Å². The van der Waals surface area contributed by atoms with Gasteiger partial charge in [-0.1, -0.05) is 32.4 Å². The van der Waals surface area contributed by atoms with Crippen LogP contribution < -0.4 is 10.5 Å². The Bertz CT molecular complexity index is 478. The van der Waals surface area contributed by atoms with Gasteiger partial charge in [0.25, 0.3) is 0 Å². The summed E-state index contributed by atoms with van der Waals surface area (Å²) in [5.41, 5.74) is 6.46. The second kappa shape index (κ2) is 6.80. The third-order valence-corrected chi connectivity index (χ3v) is 9.25. The van der Waals surface area contributed by atoms with Gasteiger partial charge >= 0.3 is 0 Å². The molecule has 0 bridgehead atoms. The van der Waals surface area contributed by atoms with Crippen LogP contribution in [0.15, 0.2) is 6.20 Å². The smallest absolute Gasteiger partial charge is 0.192 e. The minimum atomic E-state index is -1.74. The normalized spacial score (nSPS) is 12.6. The number of halogens is 2. The maximum Gasteiger partial charge on any atom is 0.192 e. The Labute approximate surface area is 140 Å². The second-order valence-electron chi connectivity index (χ2n) is 6.10. The van der Waals surface area contributed by atoms with Crippen molar-refractivity contribution in [3.8, 4) is 5.75 Å². The highest BCUT2D eigenvalue weighted by molar-refractivity contribution is 14.1. The number of rotatable bonds is 5. The quantitative estimate of drug-likeness (QED) is 0.328. The van der Waals surface area contributed by atoms with Gasteiger partial charge in [0, 0.05) is 6.20 Å². The summed E-state index contributed by atoms with van der Waals surface area (Å²) >= 11 is 8.09. The SMILES string of the molecule is CC(C)(C)[Si](C)(C)OCCOc1c(Cl)ncc(I)c1N. The summed E-state index contributed by atoms with van der Waals surface area (Å²) < 4.78 is 12.5. The van der Waals surface area contributed by atoms with Gasteiger partial charge in [-0.3, -0.25) is 0 Å². The van der Waals surface area contributed by atoms with E-state index >= 15 is 0 Å². The summed E-state index contributed by atoms with van der Waals surface area (Å²) in [6, 6.07) is 0. The maximum absolute atomic E-state index is 6.03. The minimum absolute atomic E-state index is 0.188. The van der Waals surface area contributed by atoms with Gasteiger partial charge in [-0.05, 0) is 40.7 Å². The van der Waals surface area contributed by atoms with E-state index < -0.39 is 8.32 Å². The molecule has 0 amide bonds. The highest BCUT2D eigenvalue weighted by atomic mass is 127. The highest BCUT2D eigenvalue weighted by Crippen LogP contribution is 2.36. The summed E-state index contributed by atoms with van der Waals surface area (Å²) in [6.07, 6.45) is 1.62. The Hall–Kier alpha value is -0.0531. The molecule has 0 atom stereocenters. The molecule has 2 N–H and O–H groups in total. The molecule has 1 aromatic rings. The molecular weight excluding hydrogens is 407 g/mol. The molecule has 1 aromatic heterocycles. The molecule has 1 heterocycles. The molecule has 0 aliphatic heterocycles. The van der Waals surface area contributed by atoms with Gasteiger partial charge in [0.1, 0.15) is 6.61 Å². The van der Waals surface area contributed by atoms with Crippen molar-refractivity contribution in [2.24, 2.45) is 0 Å². The predicted octanol–water partition coefficient (Wildman–Crippen LogP) is 4.32. The Balaban J connectivity index is 2.57. The molecular formula is C13H22ClIN2O2Si. The molecule has 0 spiro atoms. The number of hydrogen-bond donors (Lipinski definition) is 1. The zero-order valence-corrected chi connectivity index (χ0v) is 16.5. The van der Waals surface area contributed by atoms with Crippen molar-refractivity contribution < 1.29 is 9.16 Å². The molecule has 20 heavy (non-hydrogen) atoms. The first-order chi connectivity index (χ1) is 9.06. The first-order valence-electron chi connectivity index (χ1n) is 6.42. The third-order valence-electron chi connectivity index (χ3n) is 3.58. The monoisotopic (exact) mass is 428 g/mol. The number of nitrogens with zero attached hydrogens (tertiary/aromatic N) is 1. The number of aromatic nitrogens is 1. The number of anilines is 1. The minimum Gasteiger partial charge on any atom is -0.486 e. The van der Waals surface area contributed by atoms with Crippen LogP contribution in [-0.4, -0.2) is 26.5 Å². The molecule has 7 heteroatoms. The zero-order valence-electron chi connectivity index (χ0n) is 12.6.